The fraction of sp³-hybridized carbons (Fsp3) is 0.533. The summed E-state index contributed by atoms with van der Waals surface area (Å²) in [5, 5.41) is 4.15. The Morgan fingerprint density at radius 1 is 1.37 bits per heavy atom. The van der Waals surface area contributed by atoms with Gasteiger partial charge in [0, 0.05) is 22.8 Å². The van der Waals surface area contributed by atoms with Crippen LogP contribution in [0.2, 0.25) is 5.02 Å². The Labute approximate surface area is 125 Å². The van der Waals surface area contributed by atoms with E-state index < -0.39 is 0 Å². The van der Waals surface area contributed by atoms with Gasteiger partial charge in [-0.3, -0.25) is 0 Å². The fourth-order valence-electron chi connectivity index (χ4n) is 2.66. The van der Waals surface area contributed by atoms with E-state index in [-0.39, 0.29) is 0 Å². The van der Waals surface area contributed by atoms with Gasteiger partial charge in [0.1, 0.15) is 4.99 Å². The number of halogens is 1. The molecule has 104 valence electrons. The molecule has 0 aromatic heterocycles. The highest BCUT2D eigenvalue weighted by molar-refractivity contribution is 7.80. The summed E-state index contributed by atoms with van der Waals surface area (Å²) in [4.78, 5) is 0.391. The molecule has 0 aliphatic heterocycles. The van der Waals surface area contributed by atoms with E-state index in [0.29, 0.717) is 10.0 Å². The third-order valence-electron chi connectivity index (χ3n) is 3.96. The van der Waals surface area contributed by atoms with Crippen molar-refractivity contribution in [3.8, 4) is 0 Å². The van der Waals surface area contributed by atoms with E-state index in [2.05, 4.69) is 12.2 Å². The molecule has 1 aliphatic rings. The Morgan fingerprint density at radius 3 is 2.68 bits per heavy atom. The molecule has 1 saturated carbocycles. The van der Waals surface area contributed by atoms with Crippen LogP contribution in [0.15, 0.2) is 18.2 Å². The smallest absolute Gasteiger partial charge is 0.106 e. The van der Waals surface area contributed by atoms with Gasteiger partial charge in [-0.1, -0.05) is 43.6 Å². The largest absolute Gasteiger partial charge is 0.389 e. The predicted octanol–water partition coefficient (Wildman–Crippen LogP) is 4.21. The van der Waals surface area contributed by atoms with Crippen molar-refractivity contribution in [3.05, 3.63) is 28.8 Å². The van der Waals surface area contributed by atoms with Crippen molar-refractivity contribution in [1.82, 2.24) is 0 Å². The summed E-state index contributed by atoms with van der Waals surface area (Å²) in [6.45, 7) is 3.33. The molecular formula is C15H21ClN2S. The van der Waals surface area contributed by atoms with Crippen molar-refractivity contribution in [2.24, 2.45) is 17.6 Å². The van der Waals surface area contributed by atoms with Crippen LogP contribution in [-0.4, -0.2) is 11.5 Å². The van der Waals surface area contributed by atoms with Gasteiger partial charge < -0.3 is 11.1 Å². The lowest BCUT2D eigenvalue weighted by Crippen LogP contribution is -2.21. The van der Waals surface area contributed by atoms with Crippen molar-refractivity contribution < 1.29 is 0 Å². The average Bonchev–Trinajstić information content (AvgIpc) is 2.39. The summed E-state index contributed by atoms with van der Waals surface area (Å²) in [7, 11) is 0. The molecule has 2 rings (SSSR count). The van der Waals surface area contributed by atoms with E-state index in [1.54, 1.807) is 0 Å². The molecule has 1 aromatic carbocycles. The number of nitrogens with one attached hydrogen (secondary N) is 1. The molecule has 0 bridgehead atoms. The molecule has 3 N–H and O–H groups in total. The van der Waals surface area contributed by atoms with E-state index >= 15 is 0 Å². The van der Waals surface area contributed by atoms with E-state index in [1.165, 1.54) is 25.7 Å². The Kier molecular flexibility index (Phi) is 5.06. The highest BCUT2D eigenvalue weighted by atomic mass is 35.5. The molecule has 0 atom stereocenters. The number of rotatable bonds is 4. The first-order valence-electron chi connectivity index (χ1n) is 6.89. The molecule has 0 radical (unpaired) electrons. The molecule has 0 spiro atoms. The summed E-state index contributed by atoms with van der Waals surface area (Å²) in [5.74, 6) is 1.64. The molecule has 4 heteroatoms. The number of nitrogens with two attached hydrogens (primary N) is 1. The van der Waals surface area contributed by atoms with Gasteiger partial charge >= 0.3 is 0 Å². The summed E-state index contributed by atoms with van der Waals surface area (Å²) in [6.07, 6.45) is 5.30. The fourth-order valence-corrected chi connectivity index (χ4v) is 3.00. The van der Waals surface area contributed by atoms with Crippen molar-refractivity contribution >= 4 is 34.5 Å². The van der Waals surface area contributed by atoms with Crippen LogP contribution in [0.1, 0.15) is 38.2 Å². The minimum atomic E-state index is 0.391. The zero-order valence-electron chi connectivity index (χ0n) is 11.3. The molecule has 1 aromatic rings. The van der Waals surface area contributed by atoms with Crippen LogP contribution in [0.5, 0.6) is 0 Å². The van der Waals surface area contributed by atoms with Crippen LogP contribution in [0.3, 0.4) is 0 Å². The van der Waals surface area contributed by atoms with Crippen LogP contribution < -0.4 is 11.1 Å². The first-order valence-corrected chi connectivity index (χ1v) is 7.68. The predicted molar refractivity (Wildman–Crippen MR) is 87.0 cm³/mol. The van der Waals surface area contributed by atoms with Crippen LogP contribution in [0, 0.1) is 11.8 Å². The topological polar surface area (TPSA) is 38.0 Å². The van der Waals surface area contributed by atoms with Gasteiger partial charge in [0.25, 0.3) is 0 Å². The minimum Gasteiger partial charge on any atom is -0.389 e. The maximum Gasteiger partial charge on any atom is 0.106 e. The molecule has 1 fully saturated rings. The first kappa shape index (κ1) is 14.6. The lowest BCUT2D eigenvalue weighted by atomic mass is 9.83. The Morgan fingerprint density at radius 2 is 2.05 bits per heavy atom. The van der Waals surface area contributed by atoms with Crippen molar-refractivity contribution in [2.45, 2.75) is 32.6 Å². The quantitative estimate of drug-likeness (QED) is 0.817. The Bertz CT molecular complexity index is 453. The van der Waals surface area contributed by atoms with Crippen LogP contribution in [0.25, 0.3) is 0 Å². The molecule has 0 amide bonds. The average molecular weight is 297 g/mol. The van der Waals surface area contributed by atoms with Crippen molar-refractivity contribution in [2.75, 3.05) is 11.9 Å². The van der Waals surface area contributed by atoms with Crippen LogP contribution in [-0.2, 0) is 0 Å². The van der Waals surface area contributed by atoms with Gasteiger partial charge in [-0.05, 0) is 42.9 Å². The second-order valence-corrected chi connectivity index (χ2v) is 6.44. The second kappa shape index (κ2) is 6.58. The van der Waals surface area contributed by atoms with E-state index in [4.69, 9.17) is 29.6 Å². The van der Waals surface area contributed by atoms with Gasteiger partial charge in [-0.15, -0.1) is 0 Å². The van der Waals surface area contributed by atoms with Gasteiger partial charge in [-0.2, -0.15) is 0 Å². The lowest BCUT2D eigenvalue weighted by molar-refractivity contribution is 0.300. The molecule has 19 heavy (non-hydrogen) atoms. The van der Waals surface area contributed by atoms with E-state index in [1.807, 2.05) is 18.2 Å². The Hall–Kier alpha value is -0.800. The van der Waals surface area contributed by atoms with E-state index in [0.717, 1.165) is 29.6 Å². The highest BCUT2D eigenvalue weighted by Crippen LogP contribution is 2.29. The van der Waals surface area contributed by atoms with Crippen LogP contribution >= 0.6 is 23.8 Å². The van der Waals surface area contributed by atoms with Crippen molar-refractivity contribution in [1.29, 1.82) is 0 Å². The summed E-state index contributed by atoms with van der Waals surface area (Å²) < 4.78 is 0. The second-order valence-electron chi connectivity index (χ2n) is 5.56. The van der Waals surface area contributed by atoms with Gasteiger partial charge in [-0.25, -0.2) is 0 Å². The highest BCUT2D eigenvalue weighted by Gasteiger charge is 2.18. The molecule has 0 saturated heterocycles. The zero-order valence-corrected chi connectivity index (χ0v) is 12.9. The normalized spacial score (nSPS) is 23.1. The molecule has 0 unspecified atom stereocenters. The number of hydrogen-bond donors (Lipinski definition) is 2. The monoisotopic (exact) mass is 296 g/mol. The molecule has 1 aliphatic carbocycles. The molecule has 0 heterocycles. The summed E-state index contributed by atoms with van der Waals surface area (Å²) in [5.41, 5.74) is 7.58. The first-order chi connectivity index (χ1) is 9.06. The standard InChI is InChI=1S/C15H21ClN2S/c1-10-2-4-11(5-3-10)9-18-14-7-6-12(16)8-13(14)15(17)19/h6-8,10-11,18H,2-5,9H2,1H3,(H2,17,19). The zero-order chi connectivity index (χ0) is 13.8. The lowest BCUT2D eigenvalue weighted by Gasteiger charge is -2.27. The maximum atomic E-state index is 5.98. The Balaban J connectivity index is 1.97. The van der Waals surface area contributed by atoms with Gasteiger partial charge in [0.05, 0.1) is 0 Å². The third kappa shape index (κ3) is 4.08. The third-order valence-corrected chi connectivity index (χ3v) is 4.42. The SMILES string of the molecule is CC1CCC(CNc2ccc(Cl)cc2C(N)=S)CC1. The number of thiocarbonyl (C=S) groups is 1. The summed E-state index contributed by atoms with van der Waals surface area (Å²) >= 11 is 11.1. The van der Waals surface area contributed by atoms with Crippen LogP contribution in [0.4, 0.5) is 5.69 Å². The van der Waals surface area contributed by atoms with Gasteiger partial charge in [0.2, 0.25) is 0 Å². The molecule has 2 nitrogen and oxygen atoms in total. The van der Waals surface area contributed by atoms with Gasteiger partial charge in [0.15, 0.2) is 0 Å². The number of hydrogen-bond acceptors (Lipinski definition) is 2. The number of benzene rings is 1. The van der Waals surface area contributed by atoms with E-state index in [9.17, 15) is 0 Å². The number of anilines is 1. The summed E-state index contributed by atoms with van der Waals surface area (Å²) in [6, 6.07) is 5.66. The maximum absolute atomic E-state index is 5.98. The van der Waals surface area contributed by atoms with Crippen molar-refractivity contribution in [3.63, 3.8) is 0 Å². The molecular weight excluding hydrogens is 276 g/mol. The minimum absolute atomic E-state index is 0.391.